The molecule has 0 spiro atoms. The Kier molecular flexibility index (Phi) is 5.83. The summed E-state index contributed by atoms with van der Waals surface area (Å²) in [5, 5.41) is 4.19. The maximum atomic E-state index is 6.23. The summed E-state index contributed by atoms with van der Waals surface area (Å²) < 4.78 is 2.30. The van der Waals surface area contributed by atoms with Crippen molar-refractivity contribution in [2.24, 2.45) is 0 Å². The van der Waals surface area contributed by atoms with E-state index in [0.29, 0.717) is 5.92 Å². The Hall–Kier alpha value is -2.11. The van der Waals surface area contributed by atoms with Crippen molar-refractivity contribution in [2.45, 2.75) is 39.2 Å². The van der Waals surface area contributed by atoms with Gasteiger partial charge in [0.15, 0.2) is 5.65 Å². The monoisotopic (exact) mass is 397 g/mol. The van der Waals surface area contributed by atoms with Gasteiger partial charge in [0.2, 0.25) is 0 Å². The van der Waals surface area contributed by atoms with Crippen LogP contribution in [0.1, 0.15) is 44.0 Å². The van der Waals surface area contributed by atoms with E-state index in [4.69, 9.17) is 21.6 Å². The molecule has 148 valence electrons. The Bertz CT molecular complexity index is 941. The lowest BCUT2D eigenvalue weighted by molar-refractivity contribution is 0.568. The molecule has 3 heterocycles. The summed E-state index contributed by atoms with van der Waals surface area (Å²) >= 11 is 6.23. The molecule has 4 rings (SSSR count). The molecular weight excluding hydrogens is 370 g/mol. The second kappa shape index (κ2) is 8.50. The van der Waals surface area contributed by atoms with Gasteiger partial charge in [0.1, 0.15) is 11.3 Å². The van der Waals surface area contributed by atoms with Gasteiger partial charge in [-0.3, -0.25) is 0 Å². The Morgan fingerprint density at radius 1 is 1.14 bits per heavy atom. The van der Waals surface area contributed by atoms with Crippen molar-refractivity contribution in [1.82, 2.24) is 19.9 Å². The highest BCUT2D eigenvalue weighted by molar-refractivity contribution is 6.30. The predicted octanol–water partition coefficient (Wildman–Crippen LogP) is 4.45. The number of halogens is 1. The quantitative estimate of drug-likeness (QED) is 0.667. The van der Waals surface area contributed by atoms with E-state index in [2.05, 4.69) is 40.8 Å². The molecule has 0 aliphatic carbocycles. The summed E-state index contributed by atoms with van der Waals surface area (Å²) in [6.07, 6.45) is 4.06. The van der Waals surface area contributed by atoms with Crippen LogP contribution in [0, 0.1) is 0 Å². The smallest absolute Gasteiger partial charge is 0.162 e. The van der Waals surface area contributed by atoms with Crippen LogP contribution in [-0.4, -0.2) is 40.7 Å². The lowest BCUT2D eigenvalue weighted by Gasteiger charge is -2.29. The van der Waals surface area contributed by atoms with Crippen molar-refractivity contribution < 1.29 is 0 Å². The first kappa shape index (κ1) is 19.2. The van der Waals surface area contributed by atoms with E-state index >= 15 is 0 Å². The molecule has 3 aromatic rings. The van der Waals surface area contributed by atoms with Crippen LogP contribution in [-0.2, 0) is 6.54 Å². The maximum absolute atomic E-state index is 6.23. The number of anilines is 1. The van der Waals surface area contributed by atoms with Crippen LogP contribution in [0.2, 0.25) is 5.02 Å². The van der Waals surface area contributed by atoms with Gasteiger partial charge in [-0.05, 0) is 36.6 Å². The van der Waals surface area contributed by atoms with E-state index < -0.39 is 0 Å². The summed E-state index contributed by atoms with van der Waals surface area (Å²) in [4.78, 5) is 12.3. The van der Waals surface area contributed by atoms with Gasteiger partial charge in [0.25, 0.3) is 0 Å². The van der Waals surface area contributed by atoms with Crippen LogP contribution in [0.3, 0.4) is 0 Å². The van der Waals surface area contributed by atoms with Gasteiger partial charge in [-0.25, -0.2) is 9.97 Å². The summed E-state index contributed by atoms with van der Waals surface area (Å²) in [5.41, 5.74) is 4.36. The fourth-order valence-corrected chi connectivity index (χ4v) is 4.33. The predicted molar refractivity (Wildman–Crippen MR) is 116 cm³/mol. The van der Waals surface area contributed by atoms with Crippen LogP contribution in [0.4, 0.5) is 5.69 Å². The summed E-state index contributed by atoms with van der Waals surface area (Å²) in [6.45, 7) is 9.23. The number of hydrogen-bond donors (Lipinski definition) is 1. The minimum atomic E-state index is 0.421. The number of fused-ring (bicyclic) bond motifs is 1. The molecular formula is C22H28ClN5. The molecule has 0 saturated carbocycles. The molecule has 1 aromatic carbocycles. The topological polar surface area (TPSA) is 46.0 Å². The average Bonchev–Trinajstić information content (AvgIpc) is 3.08. The SMILES string of the molecule is CCC(CC)c1nc2c(N3CCNCC3)ccnc2n1Cc1cccc(Cl)c1. The second-order valence-corrected chi connectivity index (χ2v) is 7.88. The molecule has 2 aromatic heterocycles. The van der Waals surface area contributed by atoms with Gasteiger partial charge in [-0.15, -0.1) is 0 Å². The number of nitrogens with zero attached hydrogens (tertiary/aromatic N) is 4. The van der Waals surface area contributed by atoms with Crippen molar-refractivity contribution in [3.05, 3.63) is 52.9 Å². The van der Waals surface area contributed by atoms with Gasteiger partial charge < -0.3 is 14.8 Å². The van der Waals surface area contributed by atoms with Crippen LogP contribution in [0.5, 0.6) is 0 Å². The molecule has 0 bridgehead atoms. The second-order valence-electron chi connectivity index (χ2n) is 7.44. The summed E-state index contributed by atoms with van der Waals surface area (Å²) in [5.74, 6) is 1.55. The van der Waals surface area contributed by atoms with Gasteiger partial charge in [0.05, 0.1) is 12.2 Å². The number of nitrogens with one attached hydrogen (secondary N) is 1. The minimum absolute atomic E-state index is 0.421. The molecule has 0 amide bonds. The fraction of sp³-hybridized carbons (Fsp3) is 0.455. The van der Waals surface area contributed by atoms with Gasteiger partial charge in [0, 0.05) is 43.3 Å². The number of piperazine rings is 1. The zero-order valence-corrected chi connectivity index (χ0v) is 17.4. The summed E-state index contributed by atoms with van der Waals surface area (Å²) in [6, 6.07) is 10.2. The van der Waals surface area contributed by atoms with Gasteiger partial charge in [-0.1, -0.05) is 37.6 Å². The Balaban J connectivity index is 1.84. The van der Waals surface area contributed by atoms with E-state index in [-0.39, 0.29) is 0 Å². The third kappa shape index (κ3) is 3.74. The van der Waals surface area contributed by atoms with Crippen LogP contribution < -0.4 is 10.2 Å². The number of pyridine rings is 1. The molecule has 0 unspecified atom stereocenters. The maximum Gasteiger partial charge on any atom is 0.162 e. The van der Waals surface area contributed by atoms with E-state index in [1.165, 1.54) is 11.3 Å². The molecule has 1 N–H and O–H groups in total. The Labute approximate surface area is 171 Å². The number of aromatic nitrogens is 3. The fourth-order valence-electron chi connectivity index (χ4n) is 4.12. The van der Waals surface area contributed by atoms with E-state index in [1.807, 2.05) is 24.4 Å². The van der Waals surface area contributed by atoms with Crippen LogP contribution in [0.15, 0.2) is 36.5 Å². The van der Waals surface area contributed by atoms with Crippen molar-refractivity contribution in [2.75, 3.05) is 31.1 Å². The molecule has 1 aliphatic heterocycles. The van der Waals surface area contributed by atoms with E-state index in [0.717, 1.165) is 67.6 Å². The number of hydrogen-bond acceptors (Lipinski definition) is 4. The Morgan fingerprint density at radius 3 is 2.64 bits per heavy atom. The third-order valence-corrected chi connectivity index (χ3v) is 5.92. The number of rotatable bonds is 6. The molecule has 28 heavy (non-hydrogen) atoms. The standard InChI is InChI=1S/C22H28ClN5/c1-3-17(4-2)21-26-20-19(27-12-10-24-11-13-27)8-9-25-22(20)28(21)15-16-6-5-7-18(23)14-16/h5-9,14,17,24H,3-4,10-13,15H2,1-2H3. The van der Waals surface area contributed by atoms with Gasteiger partial charge in [-0.2, -0.15) is 0 Å². The zero-order valence-electron chi connectivity index (χ0n) is 16.7. The first-order chi connectivity index (χ1) is 13.7. The first-order valence-corrected chi connectivity index (χ1v) is 10.6. The molecule has 5 nitrogen and oxygen atoms in total. The van der Waals surface area contributed by atoms with Crippen molar-refractivity contribution in [3.8, 4) is 0 Å². The van der Waals surface area contributed by atoms with Gasteiger partial charge >= 0.3 is 0 Å². The normalized spacial score (nSPS) is 14.9. The zero-order chi connectivity index (χ0) is 19.5. The molecule has 1 fully saturated rings. The Morgan fingerprint density at radius 2 is 1.93 bits per heavy atom. The highest BCUT2D eigenvalue weighted by Gasteiger charge is 2.23. The third-order valence-electron chi connectivity index (χ3n) is 5.68. The lowest BCUT2D eigenvalue weighted by Crippen LogP contribution is -2.43. The highest BCUT2D eigenvalue weighted by Crippen LogP contribution is 2.31. The molecule has 0 atom stereocenters. The lowest BCUT2D eigenvalue weighted by atomic mass is 10.0. The summed E-state index contributed by atoms with van der Waals surface area (Å²) in [7, 11) is 0. The van der Waals surface area contributed by atoms with E-state index in [9.17, 15) is 0 Å². The van der Waals surface area contributed by atoms with Crippen molar-refractivity contribution in [3.63, 3.8) is 0 Å². The molecule has 1 aliphatic rings. The molecule has 1 saturated heterocycles. The largest absolute Gasteiger partial charge is 0.367 e. The van der Waals surface area contributed by atoms with Crippen LogP contribution in [0.25, 0.3) is 11.2 Å². The van der Waals surface area contributed by atoms with Crippen LogP contribution >= 0.6 is 11.6 Å². The molecule has 0 radical (unpaired) electrons. The first-order valence-electron chi connectivity index (χ1n) is 10.3. The minimum Gasteiger partial charge on any atom is -0.367 e. The number of benzene rings is 1. The van der Waals surface area contributed by atoms with Crippen molar-refractivity contribution >= 4 is 28.5 Å². The number of imidazole rings is 1. The highest BCUT2D eigenvalue weighted by atomic mass is 35.5. The average molecular weight is 398 g/mol. The van der Waals surface area contributed by atoms with Crippen molar-refractivity contribution in [1.29, 1.82) is 0 Å². The molecule has 6 heteroatoms. The van der Waals surface area contributed by atoms with E-state index in [1.54, 1.807) is 0 Å².